The lowest BCUT2D eigenvalue weighted by Gasteiger charge is -2.04. The topological polar surface area (TPSA) is 43.8 Å². The molecular formula is C16H13F2N3. The fourth-order valence-corrected chi connectivity index (χ4v) is 2.16. The summed E-state index contributed by atoms with van der Waals surface area (Å²) < 4.78 is 28.3. The highest BCUT2D eigenvalue weighted by atomic mass is 19.1. The molecule has 0 aliphatic carbocycles. The average Bonchev–Trinajstić information content (AvgIpc) is 2.91. The van der Waals surface area contributed by atoms with Gasteiger partial charge in [-0.2, -0.15) is 5.10 Å². The van der Waals surface area contributed by atoms with Crippen molar-refractivity contribution in [2.45, 2.75) is 6.54 Å². The lowest BCUT2D eigenvalue weighted by molar-refractivity contribution is 0.566. The van der Waals surface area contributed by atoms with Crippen molar-refractivity contribution >= 4 is 5.69 Å². The third-order valence-electron chi connectivity index (χ3n) is 3.19. The summed E-state index contributed by atoms with van der Waals surface area (Å²) in [5.41, 5.74) is 8.47. The van der Waals surface area contributed by atoms with Crippen LogP contribution in [0.5, 0.6) is 0 Å². The highest BCUT2D eigenvalue weighted by molar-refractivity contribution is 5.65. The lowest BCUT2D eigenvalue weighted by Crippen LogP contribution is -2.02. The molecule has 106 valence electrons. The van der Waals surface area contributed by atoms with Gasteiger partial charge in [-0.05, 0) is 35.9 Å². The molecule has 21 heavy (non-hydrogen) atoms. The van der Waals surface area contributed by atoms with E-state index in [1.165, 1.54) is 6.07 Å². The summed E-state index contributed by atoms with van der Waals surface area (Å²) in [6.07, 6.45) is 3.45. The quantitative estimate of drug-likeness (QED) is 0.749. The lowest BCUT2D eigenvalue weighted by atomic mass is 10.1. The summed E-state index contributed by atoms with van der Waals surface area (Å²) >= 11 is 0. The van der Waals surface area contributed by atoms with Gasteiger partial charge in [-0.15, -0.1) is 0 Å². The number of rotatable bonds is 3. The van der Waals surface area contributed by atoms with Crippen molar-refractivity contribution in [3.8, 4) is 11.1 Å². The van der Waals surface area contributed by atoms with Crippen molar-refractivity contribution in [3.63, 3.8) is 0 Å². The van der Waals surface area contributed by atoms with Gasteiger partial charge in [0, 0.05) is 23.0 Å². The van der Waals surface area contributed by atoms with Crippen LogP contribution in [0, 0.1) is 11.6 Å². The average molecular weight is 285 g/mol. The monoisotopic (exact) mass is 285 g/mol. The minimum Gasteiger partial charge on any atom is -0.399 e. The van der Waals surface area contributed by atoms with Crippen LogP contribution in [-0.2, 0) is 6.54 Å². The number of hydrogen-bond acceptors (Lipinski definition) is 2. The molecule has 3 nitrogen and oxygen atoms in total. The van der Waals surface area contributed by atoms with Crippen molar-refractivity contribution in [2.24, 2.45) is 0 Å². The van der Waals surface area contributed by atoms with Gasteiger partial charge in [0.25, 0.3) is 0 Å². The van der Waals surface area contributed by atoms with Crippen molar-refractivity contribution in [2.75, 3.05) is 5.73 Å². The molecule has 3 rings (SSSR count). The molecule has 0 bridgehead atoms. The zero-order chi connectivity index (χ0) is 14.8. The van der Waals surface area contributed by atoms with E-state index in [1.807, 2.05) is 18.2 Å². The first-order chi connectivity index (χ1) is 10.1. The molecule has 0 unspecified atom stereocenters. The van der Waals surface area contributed by atoms with Crippen LogP contribution in [0.15, 0.2) is 54.9 Å². The van der Waals surface area contributed by atoms with Crippen LogP contribution in [-0.4, -0.2) is 9.78 Å². The summed E-state index contributed by atoms with van der Waals surface area (Å²) in [7, 11) is 0. The number of hydrogen-bond donors (Lipinski definition) is 1. The molecular weight excluding hydrogens is 272 g/mol. The Hall–Kier alpha value is -2.69. The third-order valence-corrected chi connectivity index (χ3v) is 3.19. The fourth-order valence-electron chi connectivity index (χ4n) is 2.16. The second-order valence-electron chi connectivity index (χ2n) is 4.79. The molecule has 0 aliphatic heterocycles. The molecule has 0 spiro atoms. The van der Waals surface area contributed by atoms with Crippen LogP contribution < -0.4 is 5.73 Å². The first-order valence-electron chi connectivity index (χ1n) is 6.44. The van der Waals surface area contributed by atoms with E-state index in [2.05, 4.69) is 5.10 Å². The predicted molar refractivity (Wildman–Crippen MR) is 77.5 cm³/mol. The van der Waals surface area contributed by atoms with Crippen molar-refractivity contribution in [1.29, 1.82) is 0 Å². The smallest absolute Gasteiger partial charge is 0.128 e. The summed E-state index contributed by atoms with van der Waals surface area (Å²) in [5, 5.41) is 4.18. The van der Waals surface area contributed by atoms with Gasteiger partial charge >= 0.3 is 0 Å². The van der Waals surface area contributed by atoms with Crippen LogP contribution in [0.1, 0.15) is 5.56 Å². The molecule has 2 N–H and O–H groups in total. The molecule has 0 aliphatic rings. The molecule has 0 amide bonds. The third kappa shape index (κ3) is 2.91. The number of nitrogens with zero attached hydrogens (tertiary/aromatic N) is 2. The Morgan fingerprint density at radius 3 is 2.71 bits per heavy atom. The Kier molecular flexibility index (Phi) is 3.39. The standard InChI is InChI=1S/C16H13F2N3/c17-14-4-5-16(18)12(6-14)9-21-10-13(8-20-21)11-2-1-3-15(19)7-11/h1-8,10H,9,19H2. The minimum absolute atomic E-state index is 0.173. The van der Waals surface area contributed by atoms with Crippen LogP contribution in [0.4, 0.5) is 14.5 Å². The maximum atomic E-state index is 13.6. The predicted octanol–water partition coefficient (Wildman–Crippen LogP) is 3.46. The van der Waals surface area contributed by atoms with E-state index in [4.69, 9.17) is 5.73 Å². The minimum atomic E-state index is -0.463. The summed E-state index contributed by atoms with van der Waals surface area (Å²) in [6.45, 7) is 0.173. The molecule has 0 fully saturated rings. The van der Waals surface area contributed by atoms with Gasteiger partial charge in [0.1, 0.15) is 11.6 Å². The Labute approximate surface area is 120 Å². The highest BCUT2D eigenvalue weighted by Crippen LogP contribution is 2.21. The Bertz CT molecular complexity index is 781. The van der Waals surface area contributed by atoms with Gasteiger partial charge in [-0.25, -0.2) is 8.78 Å². The maximum Gasteiger partial charge on any atom is 0.128 e. The maximum absolute atomic E-state index is 13.6. The Morgan fingerprint density at radius 2 is 1.90 bits per heavy atom. The molecule has 1 aromatic heterocycles. The fraction of sp³-hybridized carbons (Fsp3) is 0.0625. The SMILES string of the molecule is Nc1cccc(-c2cnn(Cc3cc(F)ccc3F)c2)c1. The Morgan fingerprint density at radius 1 is 1.05 bits per heavy atom. The first-order valence-corrected chi connectivity index (χ1v) is 6.44. The summed E-state index contributed by atoms with van der Waals surface area (Å²) in [4.78, 5) is 0. The molecule has 2 aromatic carbocycles. The highest BCUT2D eigenvalue weighted by Gasteiger charge is 2.07. The van der Waals surface area contributed by atoms with E-state index < -0.39 is 11.6 Å². The number of halogens is 2. The van der Waals surface area contributed by atoms with Gasteiger partial charge in [-0.3, -0.25) is 4.68 Å². The Balaban J connectivity index is 1.87. The van der Waals surface area contributed by atoms with Crippen LogP contribution in [0.25, 0.3) is 11.1 Å². The van der Waals surface area contributed by atoms with E-state index in [1.54, 1.807) is 23.1 Å². The number of anilines is 1. The second-order valence-corrected chi connectivity index (χ2v) is 4.79. The van der Waals surface area contributed by atoms with Gasteiger partial charge in [0.15, 0.2) is 0 Å². The van der Waals surface area contributed by atoms with Crippen LogP contribution in [0.2, 0.25) is 0 Å². The van der Waals surface area contributed by atoms with Crippen molar-refractivity contribution in [1.82, 2.24) is 9.78 Å². The molecule has 1 heterocycles. The number of nitrogen functional groups attached to an aromatic ring is 1. The van der Waals surface area contributed by atoms with Crippen molar-refractivity contribution in [3.05, 3.63) is 72.1 Å². The number of benzene rings is 2. The van der Waals surface area contributed by atoms with Crippen LogP contribution in [0.3, 0.4) is 0 Å². The van der Waals surface area contributed by atoms with Crippen molar-refractivity contribution < 1.29 is 8.78 Å². The van der Waals surface area contributed by atoms with E-state index in [9.17, 15) is 8.78 Å². The van der Waals surface area contributed by atoms with Gasteiger partial charge in [-0.1, -0.05) is 12.1 Å². The molecule has 0 radical (unpaired) electrons. The van der Waals surface area contributed by atoms with Gasteiger partial charge < -0.3 is 5.73 Å². The molecule has 0 saturated carbocycles. The number of aromatic nitrogens is 2. The normalized spacial score (nSPS) is 10.8. The molecule has 5 heteroatoms. The van der Waals surface area contributed by atoms with Gasteiger partial charge in [0.2, 0.25) is 0 Å². The first kappa shape index (κ1) is 13.3. The largest absolute Gasteiger partial charge is 0.399 e. The summed E-state index contributed by atoms with van der Waals surface area (Å²) in [6, 6.07) is 10.8. The van der Waals surface area contributed by atoms with Crippen LogP contribution >= 0.6 is 0 Å². The molecule has 0 atom stereocenters. The summed E-state index contributed by atoms with van der Waals surface area (Å²) in [5.74, 6) is -0.910. The zero-order valence-electron chi connectivity index (χ0n) is 11.1. The van der Waals surface area contributed by atoms with Gasteiger partial charge in [0.05, 0.1) is 12.7 Å². The second kappa shape index (κ2) is 5.36. The van der Waals surface area contributed by atoms with E-state index in [0.717, 1.165) is 23.3 Å². The van der Waals surface area contributed by atoms with E-state index in [0.29, 0.717) is 5.69 Å². The van der Waals surface area contributed by atoms with E-state index in [-0.39, 0.29) is 12.1 Å². The van der Waals surface area contributed by atoms with E-state index >= 15 is 0 Å². The zero-order valence-corrected chi connectivity index (χ0v) is 11.1. The molecule has 3 aromatic rings. The number of nitrogens with two attached hydrogens (primary N) is 1. The molecule has 0 saturated heterocycles.